The number of piperidine rings is 1. The Kier molecular flexibility index (Phi) is 10.6. The molecule has 1 atom stereocenters. The van der Waals surface area contributed by atoms with Gasteiger partial charge in [0, 0.05) is 32.8 Å². The Morgan fingerprint density at radius 1 is 1.13 bits per heavy atom. The van der Waals surface area contributed by atoms with E-state index in [1.54, 1.807) is 0 Å². The lowest BCUT2D eigenvalue weighted by Gasteiger charge is -2.35. The molecule has 1 unspecified atom stereocenters. The molecule has 2 saturated heterocycles. The molecule has 2 aliphatic heterocycles. The Morgan fingerprint density at radius 2 is 1.94 bits per heavy atom. The van der Waals surface area contributed by atoms with Crippen LogP contribution in [0.25, 0.3) is 0 Å². The number of benzene rings is 1. The van der Waals surface area contributed by atoms with Crippen molar-refractivity contribution in [2.75, 3.05) is 39.5 Å². The Hall–Kier alpha value is -1.63. The zero-order valence-corrected chi connectivity index (χ0v) is 19.5. The summed E-state index contributed by atoms with van der Waals surface area (Å²) in [5, 5.41) is 3.48. The van der Waals surface area contributed by atoms with E-state index in [1.165, 1.54) is 24.0 Å². The van der Waals surface area contributed by atoms with Gasteiger partial charge in [0.25, 0.3) is 0 Å². The molecule has 1 aromatic rings. The van der Waals surface area contributed by atoms with Crippen LogP contribution in [0.3, 0.4) is 0 Å². The highest BCUT2D eigenvalue weighted by Crippen LogP contribution is 2.18. The van der Waals surface area contributed by atoms with Gasteiger partial charge < -0.3 is 24.4 Å². The minimum absolute atomic E-state index is 0.298. The molecule has 3 rings (SSSR count). The fraction of sp³-hybridized carbons (Fsp3) is 0.720. The Labute approximate surface area is 188 Å². The summed E-state index contributed by atoms with van der Waals surface area (Å²) in [5.74, 6) is 1.00. The molecule has 2 fully saturated rings. The van der Waals surface area contributed by atoms with Crippen LogP contribution in [0, 0.1) is 0 Å². The summed E-state index contributed by atoms with van der Waals surface area (Å²) in [7, 11) is 0. The molecule has 0 saturated carbocycles. The number of aliphatic imine (C=N–C) groups is 1. The Morgan fingerprint density at radius 3 is 2.65 bits per heavy atom. The summed E-state index contributed by atoms with van der Waals surface area (Å²) in [6, 6.07) is 8.46. The molecular formula is C25H41N3O3. The lowest BCUT2D eigenvalue weighted by atomic mass is 10.1. The molecule has 0 aliphatic carbocycles. The maximum Gasteiger partial charge on any atom is 0.194 e. The molecule has 1 N–H and O–H groups in total. The highest BCUT2D eigenvalue weighted by molar-refractivity contribution is 5.80. The largest absolute Gasteiger partial charge is 0.377 e. The van der Waals surface area contributed by atoms with Gasteiger partial charge in [0.15, 0.2) is 5.96 Å². The van der Waals surface area contributed by atoms with Crippen LogP contribution in [0.2, 0.25) is 0 Å². The van der Waals surface area contributed by atoms with Gasteiger partial charge in [-0.2, -0.15) is 0 Å². The molecule has 0 bridgehead atoms. The van der Waals surface area contributed by atoms with Crippen LogP contribution in [0.15, 0.2) is 29.3 Å². The van der Waals surface area contributed by atoms with Crippen LogP contribution in [-0.4, -0.2) is 62.5 Å². The summed E-state index contributed by atoms with van der Waals surface area (Å²) < 4.78 is 17.7. The van der Waals surface area contributed by atoms with Crippen molar-refractivity contribution in [3.63, 3.8) is 0 Å². The van der Waals surface area contributed by atoms with Gasteiger partial charge >= 0.3 is 0 Å². The van der Waals surface area contributed by atoms with Crippen LogP contribution in [-0.2, 0) is 27.4 Å². The summed E-state index contributed by atoms with van der Waals surface area (Å²) in [4.78, 5) is 7.33. The van der Waals surface area contributed by atoms with Crippen molar-refractivity contribution in [1.82, 2.24) is 10.2 Å². The third kappa shape index (κ3) is 8.09. The third-order valence-electron chi connectivity index (χ3n) is 5.99. The number of ether oxygens (including phenoxy) is 3. The maximum absolute atomic E-state index is 6.18. The van der Waals surface area contributed by atoms with E-state index in [1.807, 2.05) is 0 Å². The van der Waals surface area contributed by atoms with E-state index in [9.17, 15) is 0 Å². The lowest BCUT2D eigenvalue weighted by molar-refractivity contribution is -0.0721. The monoisotopic (exact) mass is 431 g/mol. The highest BCUT2D eigenvalue weighted by atomic mass is 16.5. The van der Waals surface area contributed by atoms with E-state index in [0.29, 0.717) is 25.4 Å². The number of rotatable bonds is 10. The fourth-order valence-electron chi connectivity index (χ4n) is 4.18. The fourth-order valence-corrected chi connectivity index (χ4v) is 4.18. The molecule has 0 aromatic heterocycles. The van der Waals surface area contributed by atoms with Crippen molar-refractivity contribution >= 4 is 5.96 Å². The summed E-state index contributed by atoms with van der Waals surface area (Å²) in [6.07, 6.45) is 7.35. The van der Waals surface area contributed by atoms with E-state index in [4.69, 9.17) is 19.2 Å². The first-order chi connectivity index (χ1) is 15.3. The van der Waals surface area contributed by atoms with Gasteiger partial charge in [-0.25, -0.2) is 4.99 Å². The molecule has 0 amide bonds. The minimum atomic E-state index is 0.298. The second-order valence-electron chi connectivity index (χ2n) is 8.50. The predicted octanol–water partition coefficient (Wildman–Crippen LogP) is 4.13. The van der Waals surface area contributed by atoms with Crippen LogP contribution >= 0.6 is 0 Å². The average molecular weight is 432 g/mol. The van der Waals surface area contributed by atoms with Crippen LogP contribution in [0.4, 0.5) is 0 Å². The van der Waals surface area contributed by atoms with Crippen LogP contribution in [0.1, 0.15) is 63.5 Å². The van der Waals surface area contributed by atoms with Crippen molar-refractivity contribution in [2.45, 2.75) is 77.7 Å². The zero-order valence-electron chi connectivity index (χ0n) is 19.5. The molecule has 6 nitrogen and oxygen atoms in total. The molecular weight excluding hydrogens is 390 g/mol. The molecule has 31 heavy (non-hydrogen) atoms. The second-order valence-corrected chi connectivity index (χ2v) is 8.50. The summed E-state index contributed by atoms with van der Waals surface area (Å²) in [5.41, 5.74) is 2.47. The topological polar surface area (TPSA) is 55.3 Å². The standard InChI is InChI=1S/C25H41N3O3/c1-3-16-29-19-22-10-6-5-9-21(22)18-27-25(26-4-2)28-14-12-23(13-15-28)31-20-24-11-7-8-17-30-24/h5-6,9-10,23-24H,3-4,7-8,11-20H2,1-2H3,(H,26,27). The van der Waals surface area contributed by atoms with Gasteiger partial charge in [-0.15, -0.1) is 0 Å². The predicted molar refractivity (Wildman–Crippen MR) is 125 cm³/mol. The number of guanidine groups is 1. The van der Waals surface area contributed by atoms with Gasteiger partial charge in [-0.1, -0.05) is 31.2 Å². The maximum atomic E-state index is 6.18. The Bertz CT molecular complexity index is 653. The molecule has 6 heteroatoms. The normalized spacial score (nSPS) is 20.8. The van der Waals surface area contributed by atoms with Crippen molar-refractivity contribution in [3.05, 3.63) is 35.4 Å². The molecule has 174 valence electrons. The number of nitrogens with zero attached hydrogens (tertiary/aromatic N) is 2. The first kappa shape index (κ1) is 24.0. The summed E-state index contributed by atoms with van der Waals surface area (Å²) in [6.45, 7) is 10.8. The van der Waals surface area contributed by atoms with Gasteiger partial charge in [0.05, 0.1) is 32.0 Å². The Balaban J connectivity index is 1.50. The SMILES string of the molecule is CCCOCc1ccccc1CN=C(NCC)N1CCC(OCC2CCCCO2)CC1. The molecule has 0 spiro atoms. The van der Waals surface area contributed by atoms with E-state index in [0.717, 1.165) is 71.1 Å². The van der Waals surface area contributed by atoms with Crippen molar-refractivity contribution < 1.29 is 14.2 Å². The van der Waals surface area contributed by atoms with Crippen molar-refractivity contribution in [1.29, 1.82) is 0 Å². The lowest BCUT2D eigenvalue weighted by Crippen LogP contribution is -2.47. The number of nitrogens with one attached hydrogen (secondary N) is 1. The smallest absolute Gasteiger partial charge is 0.194 e. The second kappa shape index (κ2) is 13.7. The van der Waals surface area contributed by atoms with Gasteiger partial charge in [0.2, 0.25) is 0 Å². The highest BCUT2D eigenvalue weighted by Gasteiger charge is 2.23. The van der Waals surface area contributed by atoms with Crippen LogP contribution in [0.5, 0.6) is 0 Å². The van der Waals surface area contributed by atoms with E-state index in [-0.39, 0.29) is 0 Å². The molecule has 2 aliphatic rings. The van der Waals surface area contributed by atoms with Gasteiger partial charge in [0.1, 0.15) is 0 Å². The quantitative estimate of drug-likeness (QED) is 0.343. The van der Waals surface area contributed by atoms with E-state index < -0.39 is 0 Å². The number of likely N-dealkylation sites (tertiary alicyclic amines) is 1. The average Bonchev–Trinajstić information content (AvgIpc) is 2.82. The van der Waals surface area contributed by atoms with E-state index >= 15 is 0 Å². The van der Waals surface area contributed by atoms with Gasteiger partial charge in [-0.05, 0) is 56.6 Å². The molecule has 0 radical (unpaired) electrons. The number of hydrogen-bond acceptors (Lipinski definition) is 4. The van der Waals surface area contributed by atoms with E-state index in [2.05, 4.69) is 48.3 Å². The van der Waals surface area contributed by atoms with Crippen LogP contribution < -0.4 is 5.32 Å². The first-order valence-electron chi connectivity index (χ1n) is 12.2. The number of hydrogen-bond donors (Lipinski definition) is 1. The molecule has 1 aromatic carbocycles. The minimum Gasteiger partial charge on any atom is -0.377 e. The summed E-state index contributed by atoms with van der Waals surface area (Å²) >= 11 is 0. The first-order valence-corrected chi connectivity index (χ1v) is 12.2. The van der Waals surface area contributed by atoms with Crippen molar-refractivity contribution in [2.24, 2.45) is 4.99 Å². The van der Waals surface area contributed by atoms with Crippen molar-refractivity contribution in [3.8, 4) is 0 Å². The third-order valence-corrected chi connectivity index (χ3v) is 5.99. The zero-order chi connectivity index (χ0) is 21.7. The molecule has 2 heterocycles. The van der Waals surface area contributed by atoms with Gasteiger partial charge in [-0.3, -0.25) is 0 Å².